The van der Waals surface area contributed by atoms with E-state index in [9.17, 15) is 14.4 Å². The van der Waals surface area contributed by atoms with Gasteiger partial charge in [-0.25, -0.2) is 14.4 Å². The minimum absolute atomic E-state index is 0.0965. The van der Waals surface area contributed by atoms with Crippen molar-refractivity contribution in [1.82, 2.24) is 5.32 Å². The van der Waals surface area contributed by atoms with E-state index in [0.717, 1.165) is 29.5 Å². The van der Waals surface area contributed by atoms with Crippen LogP contribution in [0.5, 0.6) is 5.75 Å². The highest BCUT2D eigenvalue weighted by Gasteiger charge is 2.25. The molecule has 1 heterocycles. The van der Waals surface area contributed by atoms with Gasteiger partial charge in [0.1, 0.15) is 24.0 Å². The van der Waals surface area contributed by atoms with Crippen LogP contribution in [-0.2, 0) is 22.6 Å². The highest BCUT2D eigenvalue weighted by atomic mass is 32.2. The lowest BCUT2D eigenvalue weighted by Crippen LogP contribution is -2.43. The Balaban J connectivity index is 1.81. The SMILES string of the molecule is CCCCc1cc(=O)oc2cc(C)cc(OC(=O)C(CCSC)NC(=O)OCc3ccccc3)c12. The number of ether oxygens (including phenoxy) is 2. The first kappa shape index (κ1) is 26.3. The van der Waals surface area contributed by atoms with E-state index in [2.05, 4.69) is 12.2 Å². The Morgan fingerprint density at radius 1 is 1.14 bits per heavy atom. The molecule has 7 nitrogen and oxygen atoms in total. The highest BCUT2D eigenvalue weighted by molar-refractivity contribution is 7.98. The second-order valence-corrected chi connectivity index (χ2v) is 9.28. The van der Waals surface area contributed by atoms with Crippen molar-refractivity contribution in [2.24, 2.45) is 0 Å². The molecule has 3 rings (SSSR count). The van der Waals surface area contributed by atoms with Gasteiger partial charge < -0.3 is 19.2 Å². The number of thioether (sulfide) groups is 1. The molecule has 0 saturated heterocycles. The van der Waals surface area contributed by atoms with E-state index >= 15 is 0 Å². The number of rotatable bonds is 11. The van der Waals surface area contributed by atoms with Gasteiger partial charge in [0.15, 0.2) is 0 Å². The summed E-state index contributed by atoms with van der Waals surface area (Å²) in [5, 5.41) is 3.24. The molecule has 0 spiro atoms. The molecule has 0 bridgehead atoms. The average Bonchev–Trinajstić information content (AvgIpc) is 2.83. The first-order chi connectivity index (χ1) is 16.9. The topological polar surface area (TPSA) is 94.8 Å². The lowest BCUT2D eigenvalue weighted by Gasteiger charge is -2.18. The molecular weight excluding hydrogens is 466 g/mol. The standard InChI is InChI=1S/C27H31NO6S/c1-4-5-11-20-16-24(29)33-22-14-18(2)15-23(25(20)22)34-26(30)21(12-13-35-3)28-27(31)32-17-19-9-7-6-8-10-19/h6-10,14-16,21H,4-5,11-13,17H2,1-3H3,(H,28,31). The average molecular weight is 498 g/mol. The van der Waals surface area contributed by atoms with Gasteiger partial charge in [0.05, 0.1) is 5.39 Å². The molecule has 8 heteroatoms. The molecule has 3 aromatic rings. The number of hydrogen-bond acceptors (Lipinski definition) is 7. The molecule has 0 aliphatic heterocycles. The number of carbonyl (C=O) groups excluding carboxylic acids is 2. The summed E-state index contributed by atoms with van der Waals surface area (Å²) >= 11 is 1.56. The van der Waals surface area contributed by atoms with Crippen LogP contribution >= 0.6 is 11.8 Å². The Morgan fingerprint density at radius 3 is 2.63 bits per heavy atom. The molecular formula is C27H31NO6S. The Hall–Kier alpha value is -3.26. The molecule has 2 aromatic carbocycles. The van der Waals surface area contributed by atoms with Crippen LogP contribution < -0.4 is 15.7 Å². The lowest BCUT2D eigenvalue weighted by atomic mass is 10.0. The lowest BCUT2D eigenvalue weighted by molar-refractivity contribution is -0.136. The van der Waals surface area contributed by atoms with E-state index < -0.39 is 23.7 Å². The molecule has 0 aliphatic rings. The fourth-order valence-corrected chi connectivity index (χ4v) is 4.16. The number of nitrogens with one attached hydrogen (secondary N) is 1. The first-order valence-electron chi connectivity index (χ1n) is 11.7. The second-order valence-electron chi connectivity index (χ2n) is 8.29. The summed E-state index contributed by atoms with van der Waals surface area (Å²) in [6.45, 7) is 4.00. The van der Waals surface area contributed by atoms with Crippen molar-refractivity contribution in [3.63, 3.8) is 0 Å². The van der Waals surface area contributed by atoms with Gasteiger partial charge in [0, 0.05) is 6.07 Å². The third-order valence-corrected chi connectivity index (χ3v) is 6.09. The Bertz CT molecular complexity index is 1210. The first-order valence-corrected chi connectivity index (χ1v) is 13.1. The number of amides is 1. The summed E-state index contributed by atoms with van der Waals surface area (Å²) in [6.07, 6.45) is 4.10. The zero-order valence-electron chi connectivity index (χ0n) is 20.3. The molecule has 1 amide bonds. The van der Waals surface area contributed by atoms with Gasteiger partial charge in [-0.05, 0) is 67.0 Å². The Labute approximate surface area is 209 Å². The molecule has 1 aromatic heterocycles. The van der Waals surface area contributed by atoms with Gasteiger partial charge in [-0.3, -0.25) is 0 Å². The molecule has 1 N–H and O–H groups in total. The van der Waals surface area contributed by atoms with E-state index in [-0.39, 0.29) is 6.61 Å². The number of hydrogen-bond donors (Lipinski definition) is 1. The Kier molecular flexibility index (Phi) is 9.78. The maximum Gasteiger partial charge on any atom is 0.408 e. The van der Waals surface area contributed by atoms with Gasteiger partial charge in [-0.1, -0.05) is 43.7 Å². The molecule has 1 unspecified atom stereocenters. The fourth-order valence-electron chi connectivity index (χ4n) is 3.69. The summed E-state index contributed by atoms with van der Waals surface area (Å²) < 4.78 is 16.5. The zero-order chi connectivity index (χ0) is 25.2. The number of esters is 1. The van der Waals surface area contributed by atoms with Crippen LogP contribution in [0.25, 0.3) is 11.0 Å². The van der Waals surface area contributed by atoms with Crippen molar-refractivity contribution < 1.29 is 23.5 Å². The molecule has 0 saturated carbocycles. The van der Waals surface area contributed by atoms with Crippen LogP contribution in [0.3, 0.4) is 0 Å². The number of fused-ring (bicyclic) bond motifs is 1. The zero-order valence-corrected chi connectivity index (χ0v) is 21.1. The third kappa shape index (κ3) is 7.62. The minimum atomic E-state index is -0.893. The summed E-state index contributed by atoms with van der Waals surface area (Å²) in [5.41, 5.74) is 2.34. The predicted octanol–water partition coefficient (Wildman–Crippen LogP) is 5.40. The van der Waals surface area contributed by atoms with E-state index in [0.29, 0.717) is 35.3 Å². The number of unbranched alkanes of at least 4 members (excludes halogenated alkanes) is 1. The van der Waals surface area contributed by atoms with Gasteiger partial charge in [0.25, 0.3) is 0 Å². The van der Waals surface area contributed by atoms with Crippen molar-refractivity contribution in [1.29, 1.82) is 0 Å². The normalized spacial score (nSPS) is 11.7. The summed E-state index contributed by atoms with van der Waals surface area (Å²) in [6, 6.07) is 13.4. The summed E-state index contributed by atoms with van der Waals surface area (Å²) in [5.74, 6) is 0.355. The van der Waals surface area contributed by atoms with Crippen LogP contribution in [0.4, 0.5) is 4.79 Å². The summed E-state index contributed by atoms with van der Waals surface area (Å²) in [4.78, 5) is 37.7. The van der Waals surface area contributed by atoms with Crippen molar-refractivity contribution in [2.45, 2.75) is 52.2 Å². The number of aryl methyl sites for hydroxylation is 2. The van der Waals surface area contributed by atoms with E-state index in [1.54, 1.807) is 23.9 Å². The van der Waals surface area contributed by atoms with Gasteiger partial charge in [-0.2, -0.15) is 11.8 Å². The quantitative estimate of drug-likeness (QED) is 0.215. The van der Waals surface area contributed by atoms with Gasteiger partial charge in [-0.15, -0.1) is 0 Å². The molecule has 186 valence electrons. The predicted molar refractivity (Wildman–Crippen MR) is 138 cm³/mol. The number of benzene rings is 2. The van der Waals surface area contributed by atoms with Crippen LogP contribution in [0.1, 0.15) is 42.9 Å². The minimum Gasteiger partial charge on any atom is -0.445 e. The van der Waals surface area contributed by atoms with Crippen molar-refractivity contribution in [3.05, 3.63) is 75.6 Å². The van der Waals surface area contributed by atoms with Crippen molar-refractivity contribution in [2.75, 3.05) is 12.0 Å². The third-order valence-electron chi connectivity index (χ3n) is 5.44. The van der Waals surface area contributed by atoms with Crippen LogP contribution in [0, 0.1) is 6.92 Å². The highest BCUT2D eigenvalue weighted by Crippen LogP contribution is 2.31. The van der Waals surface area contributed by atoms with Crippen molar-refractivity contribution >= 4 is 34.8 Å². The second kappa shape index (κ2) is 13.0. The van der Waals surface area contributed by atoms with Crippen LogP contribution in [-0.4, -0.2) is 30.1 Å². The van der Waals surface area contributed by atoms with E-state index in [1.807, 2.05) is 43.5 Å². The molecule has 35 heavy (non-hydrogen) atoms. The molecule has 0 aliphatic carbocycles. The van der Waals surface area contributed by atoms with E-state index in [4.69, 9.17) is 13.9 Å². The maximum absolute atomic E-state index is 13.2. The number of carbonyl (C=O) groups is 2. The number of alkyl carbamates (subject to hydrolysis) is 1. The van der Waals surface area contributed by atoms with Gasteiger partial charge >= 0.3 is 17.7 Å². The maximum atomic E-state index is 13.2. The summed E-state index contributed by atoms with van der Waals surface area (Å²) in [7, 11) is 0. The van der Waals surface area contributed by atoms with Crippen LogP contribution in [0.2, 0.25) is 0 Å². The molecule has 1 atom stereocenters. The van der Waals surface area contributed by atoms with Crippen molar-refractivity contribution in [3.8, 4) is 5.75 Å². The van der Waals surface area contributed by atoms with E-state index in [1.165, 1.54) is 6.07 Å². The Morgan fingerprint density at radius 2 is 1.91 bits per heavy atom. The smallest absolute Gasteiger partial charge is 0.408 e. The van der Waals surface area contributed by atoms with Gasteiger partial charge in [0.2, 0.25) is 0 Å². The molecule has 0 fully saturated rings. The monoisotopic (exact) mass is 497 g/mol. The fraction of sp³-hybridized carbons (Fsp3) is 0.370. The largest absolute Gasteiger partial charge is 0.445 e. The van der Waals surface area contributed by atoms with Crippen LogP contribution in [0.15, 0.2) is 57.7 Å². The molecule has 0 radical (unpaired) electrons.